The van der Waals surface area contributed by atoms with Gasteiger partial charge in [-0.1, -0.05) is 44.0 Å². The second kappa shape index (κ2) is 7.80. The summed E-state index contributed by atoms with van der Waals surface area (Å²) in [6, 6.07) is 8.31. The Bertz CT molecular complexity index is 519. The number of aryl methyl sites for hydroxylation is 1. The molecule has 0 aliphatic carbocycles. The Morgan fingerprint density at radius 2 is 1.95 bits per heavy atom. The van der Waals surface area contributed by atoms with Crippen molar-refractivity contribution < 1.29 is 0 Å². The van der Waals surface area contributed by atoms with Crippen molar-refractivity contribution in [3.8, 4) is 11.3 Å². The van der Waals surface area contributed by atoms with Crippen molar-refractivity contribution >= 4 is 0 Å². The van der Waals surface area contributed by atoms with Crippen molar-refractivity contribution in [2.24, 2.45) is 0 Å². The molecule has 0 saturated heterocycles. The van der Waals surface area contributed by atoms with E-state index < -0.39 is 0 Å². The van der Waals surface area contributed by atoms with Crippen molar-refractivity contribution in [2.75, 3.05) is 13.1 Å². The molecule has 0 amide bonds. The zero-order chi connectivity index (χ0) is 14.2. The third-order valence-corrected chi connectivity index (χ3v) is 3.52. The van der Waals surface area contributed by atoms with Gasteiger partial charge >= 0.3 is 0 Å². The first-order valence-corrected chi connectivity index (χ1v) is 7.49. The highest BCUT2D eigenvalue weighted by molar-refractivity contribution is 5.65. The number of rotatable bonds is 8. The molecule has 0 aliphatic heterocycles. The predicted octanol–water partition coefficient (Wildman–Crippen LogP) is 3.10. The lowest BCUT2D eigenvalue weighted by molar-refractivity contribution is 0.614. The Morgan fingerprint density at radius 1 is 1.10 bits per heavy atom. The van der Waals surface area contributed by atoms with Gasteiger partial charge in [0.25, 0.3) is 0 Å². The zero-order valence-corrected chi connectivity index (χ0v) is 12.4. The summed E-state index contributed by atoms with van der Waals surface area (Å²) in [5, 5.41) is 14.8. The van der Waals surface area contributed by atoms with Crippen LogP contribution in [0.2, 0.25) is 0 Å². The first-order valence-electron chi connectivity index (χ1n) is 7.49. The minimum absolute atomic E-state index is 0.909. The van der Waals surface area contributed by atoms with Crippen LogP contribution in [0.4, 0.5) is 0 Å². The van der Waals surface area contributed by atoms with Gasteiger partial charge in [0.15, 0.2) is 0 Å². The van der Waals surface area contributed by atoms with Crippen LogP contribution >= 0.6 is 0 Å². The van der Waals surface area contributed by atoms with Gasteiger partial charge in [-0.05, 0) is 25.5 Å². The number of nitrogens with zero attached hydrogens (tertiary/aromatic N) is 2. The van der Waals surface area contributed by atoms with E-state index in [2.05, 4.69) is 46.7 Å². The molecule has 0 spiro atoms. The maximum absolute atomic E-state index is 4.31. The highest BCUT2D eigenvalue weighted by atomic mass is 15.3. The molecule has 108 valence electrons. The molecule has 2 N–H and O–H groups in total. The molecule has 0 atom stereocenters. The fourth-order valence-corrected chi connectivity index (χ4v) is 2.31. The summed E-state index contributed by atoms with van der Waals surface area (Å²) in [5.41, 5.74) is 4.43. The molecule has 4 nitrogen and oxygen atoms in total. The number of hydrogen-bond donors (Lipinski definition) is 2. The van der Waals surface area contributed by atoms with E-state index in [0.717, 1.165) is 30.9 Å². The maximum atomic E-state index is 4.31. The van der Waals surface area contributed by atoms with Crippen molar-refractivity contribution in [3.63, 3.8) is 0 Å². The second-order valence-electron chi connectivity index (χ2n) is 5.14. The summed E-state index contributed by atoms with van der Waals surface area (Å²) >= 11 is 0. The van der Waals surface area contributed by atoms with Gasteiger partial charge in [-0.2, -0.15) is 15.4 Å². The van der Waals surface area contributed by atoms with Gasteiger partial charge < -0.3 is 5.32 Å². The van der Waals surface area contributed by atoms with E-state index in [1.165, 1.54) is 30.4 Å². The van der Waals surface area contributed by atoms with Crippen LogP contribution in [0, 0.1) is 6.92 Å². The van der Waals surface area contributed by atoms with Gasteiger partial charge in [-0.25, -0.2) is 0 Å². The largest absolute Gasteiger partial charge is 0.316 e. The van der Waals surface area contributed by atoms with Gasteiger partial charge in [-0.15, -0.1) is 0 Å². The minimum atomic E-state index is 0.909. The van der Waals surface area contributed by atoms with Crippen LogP contribution < -0.4 is 5.32 Å². The maximum Gasteiger partial charge on any atom is 0.116 e. The van der Waals surface area contributed by atoms with E-state index in [0.29, 0.717) is 0 Å². The first-order chi connectivity index (χ1) is 9.83. The zero-order valence-electron chi connectivity index (χ0n) is 12.4. The van der Waals surface area contributed by atoms with E-state index in [-0.39, 0.29) is 0 Å². The Balaban J connectivity index is 1.91. The predicted molar refractivity (Wildman–Crippen MR) is 82.7 cm³/mol. The highest BCUT2D eigenvalue weighted by Crippen LogP contribution is 2.23. The molecular formula is C16H24N4. The summed E-state index contributed by atoms with van der Waals surface area (Å²) in [7, 11) is 0. The van der Waals surface area contributed by atoms with Crippen LogP contribution in [0.25, 0.3) is 11.3 Å². The number of aromatic amines is 1. The van der Waals surface area contributed by atoms with Gasteiger partial charge in [-0.3, -0.25) is 0 Å². The van der Waals surface area contributed by atoms with Crippen molar-refractivity contribution in [3.05, 3.63) is 35.5 Å². The number of nitrogens with one attached hydrogen (secondary N) is 2. The summed E-state index contributed by atoms with van der Waals surface area (Å²) in [5.74, 6) is 0. The monoisotopic (exact) mass is 272 g/mol. The number of H-pyrrole nitrogens is 1. The summed E-state index contributed by atoms with van der Waals surface area (Å²) in [6.45, 7) is 6.38. The van der Waals surface area contributed by atoms with Crippen molar-refractivity contribution in [2.45, 2.75) is 39.5 Å². The van der Waals surface area contributed by atoms with E-state index in [4.69, 9.17) is 0 Å². The number of hydrogen-bond acceptors (Lipinski definition) is 3. The third kappa shape index (κ3) is 3.90. The summed E-state index contributed by atoms with van der Waals surface area (Å²) in [4.78, 5) is 0. The molecule has 0 bridgehead atoms. The highest BCUT2D eigenvalue weighted by Gasteiger charge is 2.11. The van der Waals surface area contributed by atoms with E-state index in [1.54, 1.807) is 0 Å². The van der Waals surface area contributed by atoms with E-state index in [9.17, 15) is 0 Å². The van der Waals surface area contributed by atoms with Crippen LogP contribution in [0.5, 0.6) is 0 Å². The third-order valence-electron chi connectivity index (χ3n) is 3.52. The van der Waals surface area contributed by atoms with Crippen LogP contribution in [-0.2, 0) is 6.42 Å². The van der Waals surface area contributed by atoms with Gasteiger partial charge in [0.2, 0.25) is 0 Å². The Hall–Kier alpha value is -1.68. The molecule has 1 aromatic heterocycles. The van der Waals surface area contributed by atoms with E-state index >= 15 is 0 Å². The van der Waals surface area contributed by atoms with Crippen LogP contribution in [0.15, 0.2) is 24.3 Å². The molecule has 20 heavy (non-hydrogen) atoms. The van der Waals surface area contributed by atoms with Gasteiger partial charge in [0, 0.05) is 18.5 Å². The fraction of sp³-hybridized carbons (Fsp3) is 0.500. The fourth-order valence-electron chi connectivity index (χ4n) is 2.31. The average molecular weight is 272 g/mol. The molecule has 0 fully saturated rings. The molecule has 0 aliphatic rings. The quantitative estimate of drug-likeness (QED) is 0.726. The first kappa shape index (κ1) is 14.7. The Kier molecular flexibility index (Phi) is 5.74. The van der Waals surface area contributed by atoms with Crippen LogP contribution in [0.3, 0.4) is 0 Å². The average Bonchev–Trinajstić information content (AvgIpc) is 2.91. The number of aromatic nitrogens is 3. The summed E-state index contributed by atoms with van der Waals surface area (Å²) < 4.78 is 0. The number of unbranched alkanes of at least 4 members (excludes halogenated alkanes) is 2. The van der Waals surface area contributed by atoms with Crippen molar-refractivity contribution in [1.29, 1.82) is 0 Å². The smallest absolute Gasteiger partial charge is 0.116 e. The molecular weight excluding hydrogens is 248 g/mol. The van der Waals surface area contributed by atoms with E-state index in [1.807, 2.05) is 12.1 Å². The van der Waals surface area contributed by atoms with Crippen LogP contribution in [-0.4, -0.2) is 28.5 Å². The molecule has 1 aromatic carbocycles. The van der Waals surface area contributed by atoms with Crippen LogP contribution in [0.1, 0.15) is 37.4 Å². The van der Waals surface area contributed by atoms with Gasteiger partial charge in [0.05, 0.1) is 5.69 Å². The van der Waals surface area contributed by atoms with Gasteiger partial charge in [0.1, 0.15) is 5.69 Å². The lowest BCUT2D eigenvalue weighted by atomic mass is 10.0. The molecule has 1 heterocycles. The standard InChI is InChI=1S/C16H24N4/c1-3-4-7-11-17-12-10-15-16(19-20-18-15)14-9-6-5-8-13(14)2/h5-6,8-9,17H,3-4,7,10-12H2,1-2H3,(H,18,19,20). The second-order valence-corrected chi connectivity index (χ2v) is 5.14. The minimum Gasteiger partial charge on any atom is -0.316 e. The molecule has 0 radical (unpaired) electrons. The Morgan fingerprint density at radius 3 is 2.75 bits per heavy atom. The SMILES string of the molecule is CCCCCNCCc1n[nH]nc1-c1ccccc1C. The normalized spacial score (nSPS) is 10.9. The topological polar surface area (TPSA) is 53.6 Å². The molecule has 2 rings (SSSR count). The molecule has 0 saturated carbocycles. The Labute approximate surface area is 121 Å². The van der Waals surface area contributed by atoms with Crippen molar-refractivity contribution in [1.82, 2.24) is 20.7 Å². The molecule has 2 aromatic rings. The lowest BCUT2D eigenvalue weighted by Crippen LogP contribution is -2.18. The molecule has 0 unspecified atom stereocenters. The summed E-state index contributed by atoms with van der Waals surface area (Å²) in [6.07, 6.45) is 4.72. The lowest BCUT2D eigenvalue weighted by Gasteiger charge is -2.05. The number of benzene rings is 1. The molecule has 4 heteroatoms.